The van der Waals surface area contributed by atoms with E-state index in [-0.39, 0.29) is 23.3 Å². The highest BCUT2D eigenvalue weighted by molar-refractivity contribution is 7.80. The molecule has 5 nitrogen and oxygen atoms in total. The van der Waals surface area contributed by atoms with Gasteiger partial charge in [0.05, 0.1) is 6.54 Å². The first-order valence-corrected chi connectivity index (χ1v) is 8.22. The Hall–Kier alpha value is -2.73. The quantitative estimate of drug-likeness (QED) is 0.809. The molecule has 0 atom stereocenters. The molecule has 2 aromatic carbocycles. The molecule has 6 heteroatoms. The van der Waals surface area contributed by atoms with Crippen LogP contribution in [0.4, 0.5) is 5.69 Å². The Morgan fingerprint density at radius 1 is 1.08 bits per heavy atom. The second-order valence-corrected chi connectivity index (χ2v) is 6.34. The van der Waals surface area contributed by atoms with Crippen molar-refractivity contribution in [2.45, 2.75) is 13.8 Å². The van der Waals surface area contributed by atoms with Gasteiger partial charge in [0, 0.05) is 23.9 Å². The minimum Gasteiger partial charge on any atom is -0.389 e. The third-order valence-corrected chi connectivity index (χ3v) is 4.26. The van der Waals surface area contributed by atoms with Crippen molar-refractivity contribution >= 4 is 34.7 Å². The Kier molecular flexibility index (Phi) is 5.88. The second-order valence-electron chi connectivity index (χ2n) is 5.90. The molecule has 0 fully saturated rings. The molecule has 25 heavy (non-hydrogen) atoms. The zero-order chi connectivity index (χ0) is 18.6. The number of nitrogens with two attached hydrogens (primary N) is 1. The van der Waals surface area contributed by atoms with Gasteiger partial charge >= 0.3 is 0 Å². The molecule has 0 aliphatic heterocycles. The Bertz CT molecular complexity index is 816. The summed E-state index contributed by atoms with van der Waals surface area (Å²) in [6, 6.07) is 12.4. The minimum absolute atomic E-state index is 0.0384. The van der Waals surface area contributed by atoms with E-state index in [4.69, 9.17) is 18.0 Å². The summed E-state index contributed by atoms with van der Waals surface area (Å²) in [5.74, 6) is -0.491. The number of benzene rings is 2. The number of nitrogens with one attached hydrogen (secondary N) is 1. The monoisotopic (exact) mass is 355 g/mol. The van der Waals surface area contributed by atoms with Crippen LogP contribution >= 0.6 is 12.2 Å². The zero-order valence-electron chi connectivity index (χ0n) is 14.5. The first-order chi connectivity index (χ1) is 11.8. The van der Waals surface area contributed by atoms with Gasteiger partial charge in [-0.3, -0.25) is 9.59 Å². The van der Waals surface area contributed by atoms with Gasteiger partial charge in [0.25, 0.3) is 5.91 Å². The standard InChI is InChI=1S/C19H21N3O2S/c1-12-5-4-6-16(13(12)2)21-17(23)11-22(3)19(24)15-9-7-14(8-10-15)18(20)25/h4-10H,11H2,1-3H3,(H2,20,25)(H,21,23). The number of rotatable bonds is 5. The first-order valence-electron chi connectivity index (χ1n) is 7.81. The van der Waals surface area contributed by atoms with Crippen LogP contribution in [0.2, 0.25) is 0 Å². The zero-order valence-corrected chi connectivity index (χ0v) is 15.3. The van der Waals surface area contributed by atoms with E-state index in [2.05, 4.69) is 5.32 Å². The summed E-state index contributed by atoms with van der Waals surface area (Å²) < 4.78 is 0. The van der Waals surface area contributed by atoms with E-state index in [1.807, 2.05) is 32.0 Å². The highest BCUT2D eigenvalue weighted by Crippen LogP contribution is 2.18. The van der Waals surface area contributed by atoms with Gasteiger partial charge in [-0.1, -0.05) is 36.5 Å². The summed E-state index contributed by atoms with van der Waals surface area (Å²) in [6.45, 7) is 3.89. The lowest BCUT2D eigenvalue weighted by Crippen LogP contribution is -2.35. The molecule has 0 aliphatic carbocycles. The molecule has 0 saturated heterocycles. The van der Waals surface area contributed by atoms with Crippen LogP contribution in [-0.4, -0.2) is 35.3 Å². The fourth-order valence-corrected chi connectivity index (χ4v) is 2.50. The number of hydrogen-bond donors (Lipinski definition) is 2. The second kappa shape index (κ2) is 7.90. The molecule has 0 aromatic heterocycles. The molecule has 0 bridgehead atoms. The van der Waals surface area contributed by atoms with Crippen molar-refractivity contribution < 1.29 is 9.59 Å². The lowest BCUT2D eigenvalue weighted by atomic mass is 10.1. The SMILES string of the molecule is Cc1cccc(NC(=O)CN(C)C(=O)c2ccc(C(N)=S)cc2)c1C. The van der Waals surface area contributed by atoms with Crippen LogP contribution in [0.25, 0.3) is 0 Å². The number of aryl methyl sites for hydroxylation is 1. The van der Waals surface area contributed by atoms with Gasteiger partial charge in [0.1, 0.15) is 4.99 Å². The highest BCUT2D eigenvalue weighted by Gasteiger charge is 2.16. The maximum atomic E-state index is 12.4. The predicted molar refractivity (Wildman–Crippen MR) is 104 cm³/mol. The number of hydrogen-bond acceptors (Lipinski definition) is 3. The fourth-order valence-electron chi connectivity index (χ4n) is 2.36. The van der Waals surface area contributed by atoms with Crippen LogP contribution in [0.3, 0.4) is 0 Å². The maximum absolute atomic E-state index is 12.4. The van der Waals surface area contributed by atoms with Gasteiger partial charge in [-0.25, -0.2) is 0 Å². The predicted octanol–water partition coefficient (Wildman–Crippen LogP) is 2.65. The van der Waals surface area contributed by atoms with Crippen molar-refractivity contribution in [2.24, 2.45) is 5.73 Å². The van der Waals surface area contributed by atoms with Crippen LogP contribution in [-0.2, 0) is 4.79 Å². The molecule has 3 N–H and O–H groups in total. The van der Waals surface area contributed by atoms with E-state index >= 15 is 0 Å². The van der Waals surface area contributed by atoms with E-state index in [1.165, 1.54) is 4.90 Å². The van der Waals surface area contributed by atoms with Crippen molar-refractivity contribution in [3.05, 3.63) is 64.7 Å². The molecule has 0 radical (unpaired) electrons. The average Bonchev–Trinajstić information content (AvgIpc) is 2.58. The lowest BCUT2D eigenvalue weighted by Gasteiger charge is -2.18. The van der Waals surface area contributed by atoms with Gasteiger partial charge in [-0.2, -0.15) is 0 Å². The van der Waals surface area contributed by atoms with Gasteiger partial charge in [-0.05, 0) is 43.2 Å². The minimum atomic E-state index is -0.246. The van der Waals surface area contributed by atoms with E-state index in [9.17, 15) is 9.59 Å². The number of carbonyl (C=O) groups excluding carboxylic acids is 2. The summed E-state index contributed by atoms with van der Waals surface area (Å²) in [5.41, 5.74) is 9.58. The maximum Gasteiger partial charge on any atom is 0.254 e. The topological polar surface area (TPSA) is 75.4 Å². The molecular weight excluding hydrogens is 334 g/mol. The molecule has 0 saturated carbocycles. The largest absolute Gasteiger partial charge is 0.389 e. The number of nitrogens with zero attached hydrogens (tertiary/aromatic N) is 1. The van der Waals surface area contributed by atoms with Gasteiger partial charge in [0.15, 0.2) is 0 Å². The highest BCUT2D eigenvalue weighted by atomic mass is 32.1. The lowest BCUT2D eigenvalue weighted by molar-refractivity contribution is -0.116. The Morgan fingerprint density at radius 3 is 2.28 bits per heavy atom. The first kappa shape index (κ1) is 18.6. The van der Waals surface area contributed by atoms with Crippen LogP contribution < -0.4 is 11.1 Å². The van der Waals surface area contributed by atoms with Crippen molar-refractivity contribution in [2.75, 3.05) is 18.9 Å². The molecule has 2 aromatic rings. The Labute approximate surface area is 152 Å². The Morgan fingerprint density at radius 2 is 1.68 bits per heavy atom. The van der Waals surface area contributed by atoms with E-state index in [0.29, 0.717) is 11.1 Å². The molecule has 0 spiro atoms. The number of carbonyl (C=O) groups is 2. The van der Waals surface area contributed by atoms with Gasteiger partial charge < -0.3 is 16.0 Å². The molecular formula is C19H21N3O2S. The van der Waals surface area contributed by atoms with Crippen LogP contribution in [0.5, 0.6) is 0 Å². The van der Waals surface area contributed by atoms with E-state index < -0.39 is 0 Å². The summed E-state index contributed by atoms with van der Waals surface area (Å²) >= 11 is 4.89. The van der Waals surface area contributed by atoms with Gasteiger partial charge in [-0.15, -0.1) is 0 Å². The van der Waals surface area contributed by atoms with Crippen molar-refractivity contribution in [3.63, 3.8) is 0 Å². The molecule has 0 aliphatic rings. The number of likely N-dealkylation sites (N-methyl/N-ethyl adjacent to an activating group) is 1. The van der Waals surface area contributed by atoms with Crippen molar-refractivity contribution in [1.29, 1.82) is 0 Å². The molecule has 2 amide bonds. The van der Waals surface area contributed by atoms with Crippen molar-refractivity contribution in [3.8, 4) is 0 Å². The summed E-state index contributed by atoms with van der Waals surface area (Å²) in [5, 5.41) is 2.85. The van der Waals surface area contributed by atoms with Crippen LogP contribution in [0.1, 0.15) is 27.0 Å². The number of anilines is 1. The third-order valence-electron chi connectivity index (χ3n) is 4.02. The summed E-state index contributed by atoms with van der Waals surface area (Å²) in [4.78, 5) is 26.3. The summed E-state index contributed by atoms with van der Waals surface area (Å²) in [7, 11) is 1.59. The van der Waals surface area contributed by atoms with Crippen LogP contribution in [0, 0.1) is 13.8 Å². The van der Waals surface area contributed by atoms with Gasteiger partial charge in [0.2, 0.25) is 5.91 Å². The Balaban J connectivity index is 2.01. The molecule has 130 valence electrons. The average molecular weight is 355 g/mol. The van der Waals surface area contributed by atoms with Crippen LogP contribution in [0.15, 0.2) is 42.5 Å². The molecule has 0 heterocycles. The third kappa shape index (κ3) is 4.64. The normalized spacial score (nSPS) is 10.2. The van der Waals surface area contributed by atoms with Crippen molar-refractivity contribution in [1.82, 2.24) is 4.90 Å². The number of amides is 2. The summed E-state index contributed by atoms with van der Waals surface area (Å²) in [6.07, 6.45) is 0. The van der Waals surface area contributed by atoms with E-state index in [0.717, 1.165) is 16.8 Å². The smallest absolute Gasteiger partial charge is 0.254 e. The number of thiocarbonyl (C=S) groups is 1. The van der Waals surface area contributed by atoms with E-state index in [1.54, 1.807) is 31.3 Å². The molecule has 2 rings (SSSR count). The molecule has 0 unspecified atom stereocenters. The fraction of sp³-hybridized carbons (Fsp3) is 0.211.